The summed E-state index contributed by atoms with van der Waals surface area (Å²) >= 11 is 0. The Morgan fingerprint density at radius 2 is 1.27 bits per heavy atom. The molecule has 0 nitrogen and oxygen atoms in total. The first-order chi connectivity index (χ1) is 10.8. The molecular formula is C22H38. The first-order valence-electron chi connectivity index (χ1n) is 10.1. The van der Waals surface area contributed by atoms with Gasteiger partial charge in [-0.3, -0.25) is 0 Å². The maximum Gasteiger partial charge on any atom is -0.0233 e. The van der Waals surface area contributed by atoms with Gasteiger partial charge in [0.25, 0.3) is 0 Å². The van der Waals surface area contributed by atoms with Crippen molar-refractivity contribution in [3.05, 3.63) is 24.3 Å². The molecule has 0 aromatic heterocycles. The van der Waals surface area contributed by atoms with E-state index in [9.17, 15) is 0 Å². The molecule has 126 valence electrons. The molecule has 0 unspecified atom stereocenters. The highest BCUT2D eigenvalue weighted by Crippen LogP contribution is 2.34. The summed E-state index contributed by atoms with van der Waals surface area (Å²) in [6, 6.07) is 0. The van der Waals surface area contributed by atoms with Crippen molar-refractivity contribution in [1.29, 1.82) is 0 Å². The maximum absolute atomic E-state index is 2.56. The molecule has 2 rings (SSSR count). The van der Waals surface area contributed by atoms with Gasteiger partial charge in [0.15, 0.2) is 0 Å². The minimum Gasteiger partial charge on any atom is -0.0914 e. The predicted octanol–water partition coefficient (Wildman–Crippen LogP) is 7.31. The Hall–Kier alpha value is -0.520. The van der Waals surface area contributed by atoms with Crippen molar-refractivity contribution in [2.75, 3.05) is 0 Å². The lowest BCUT2D eigenvalue weighted by molar-refractivity contribution is 0.291. The molecule has 0 aliphatic heterocycles. The van der Waals surface area contributed by atoms with Gasteiger partial charge < -0.3 is 0 Å². The molecule has 0 aromatic carbocycles. The van der Waals surface area contributed by atoms with E-state index in [-0.39, 0.29) is 0 Å². The quantitative estimate of drug-likeness (QED) is 0.432. The lowest BCUT2D eigenvalue weighted by Gasteiger charge is -2.27. The van der Waals surface area contributed by atoms with E-state index in [4.69, 9.17) is 0 Å². The SMILES string of the molecule is C/C=C/C1CCC(CC/C=C/C2CCC(CCC)CC2)CC1. The molecule has 0 heteroatoms. The molecule has 0 bridgehead atoms. The van der Waals surface area contributed by atoms with Crippen LogP contribution < -0.4 is 0 Å². The van der Waals surface area contributed by atoms with Gasteiger partial charge in [-0.15, -0.1) is 0 Å². The van der Waals surface area contributed by atoms with Crippen molar-refractivity contribution in [3.63, 3.8) is 0 Å². The minimum absolute atomic E-state index is 0.884. The van der Waals surface area contributed by atoms with Crippen LogP contribution in [0.25, 0.3) is 0 Å². The Kier molecular flexibility index (Phi) is 8.34. The minimum atomic E-state index is 0.884. The van der Waals surface area contributed by atoms with Crippen molar-refractivity contribution in [1.82, 2.24) is 0 Å². The first kappa shape index (κ1) is 17.8. The fourth-order valence-corrected chi connectivity index (χ4v) is 4.64. The third-order valence-electron chi connectivity index (χ3n) is 6.09. The van der Waals surface area contributed by atoms with Crippen molar-refractivity contribution in [3.8, 4) is 0 Å². The summed E-state index contributed by atoms with van der Waals surface area (Å²) in [6.07, 6.45) is 27.0. The van der Waals surface area contributed by atoms with E-state index in [0.717, 1.165) is 23.7 Å². The predicted molar refractivity (Wildman–Crippen MR) is 99.0 cm³/mol. The van der Waals surface area contributed by atoms with Crippen LogP contribution in [0.1, 0.15) is 90.9 Å². The van der Waals surface area contributed by atoms with Crippen LogP contribution in [0.3, 0.4) is 0 Å². The van der Waals surface area contributed by atoms with E-state index in [2.05, 4.69) is 38.2 Å². The fourth-order valence-electron chi connectivity index (χ4n) is 4.64. The normalized spacial score (nSPS) is 33.7. The first-order valence-corrected chi connectivity index (χ1v) is 10.1. The molecule has 0 amide bonds. The summed E-state index contributed by atoms with van der Waals surface area (Å²) in [5, 5.41) is 0. The summed E-state index contributed by atoms with van der Waals surface area (Å²) < 4.78 is 0. The maximum atomic E-state index is 2.56. The summed E-state index contributed by atoms with van der Waals surface area (Å²) in [6.45, 7) is 4.49. The third kappa shape index (κ3) is 6.31. The number of hydrogen-bond acceptors (Lipinski definition) is 0. The molecule has 2 fully saturated rings. The molecule has 2 aliphatic carbocycles. The van der Waals surface area contributed by atoms with E-state index in [1.165, 1.54) is 77.0 Å². The van der Waals surface area contributed by atoms with Gasteiger partial charge in [0.2, 0.25) is 0 Å². The summed E-state index contributed by atoms with van der Waals surface area (Å²) in [5.74, 6) is 3.84. The Morgan fingerprint density at radius 3 is 1.82 bits per heavy atom. The van der Waals surface area contributed by atoms with E-state index in [0.29, 0.717) is 0 Å². The van der Waals surface area contributed by atoms with Crippen LogP contribution >= 0.6 is 0 Å². The van der Waals surface area contributed by atoms with E-state index >= 15 is 0 Å². The van der Waals surface area contributed by atoms with Crippen molar-refractivity contribution in [2.45, 2.75) is 90.9 Å². The second-order valence-electron chi connectivity index (χ2n) is 7.88. The lowest BCUT2D eigenvalue weighted by atomic mass is 9.79. The van der Waals surface area contributed by atoms with Crippen molar-refractivity contribution in [2.24, 2.45) is 23.7 Å². The average molecular weight is 303 g/mol. The van der Waals surface area contributed by atoms with Crippen LogP contribution in [-0.4, -0.2) is 0 Å². The van der Waals surface area contributed by atoms with Gasteiger partial charge in [-0.25, -0.2) is 0 Å². The van der Waals surface area contributed by atoms with E-state index < -0.39 is 0 Å². The Bertz CT molecular complexity index is 322. The Morgan fingerprint density at radius 1 is 0.727 bits per heavy atom. The van der Waals surface area contributed by atoms with Crippen molar-refractivity contribution < 1.29 is 0 Å². The standard InChI is InChI=1S/C22H38/c1-3-7-19-11-15-21(16-12-19)9-5-6-10-22-17-13-20(8-4-2)14-18-22/h3,6-7,10,19-22H,4-5,8-9,11-18H2,1-2H3/b7-3+,10-6+. The highest BCUT2D eigenvalue weighted by molar-refractivity contribution is 4.92. The molecule has 0 saturated heterocycles. The van der Waals surface area contributed by atoms with Gasteiger partial charge in [0.05, 0.1) is 0 Å². The molecule has 2 aliphatic rings. The number of allylic oxidation sites excluding steroid dienone is 4. The van der Waals surface area contributed by atoms with Gasteiger partial charge in [-0.05, 0) is 94.8 Å². The van der Waals surface area contributed by atoms with Gasteiger partial charge in [-0.1, -0.05) is 44.1 Å². The third-order valence-corrected chi connectivity index (χ3v) is 6.09. The zero-order chi connectivity index (χ0) is 15.6. The summed E-state index contributed by atoms with van der Waals surface area (Å²) in [4.78, 5) is 0. The highest BCUT2D eigenvalue weighted by Gasteiger charge is 2.19. The van der Waals surface area contributed by atoms with Crippen LogP contribution in [0.2, 0.25) is 0 Å². The van der Waals surface area contributed by atoms with Gasteiger partial charge >= 0.3 is 0 Å². The molecule has 0 heterocycles. The smallest absolute Gasteiger partial charge is 0.0233 e. The van der Waals surface area contributed by atoms with Crippen LogP contribution in [0.15, 0.2) is 24.3 Å². The molecule has 22 heavy (non-hydrogen) atoms. The second-order valence-corrected chi connectivity index (χ2v) is 7.88. The number of hydrogen-bond donors (Lipinski definition) is 0. The van der Waals surface area contributed by atoms with E-state index in [1.54, 1.807) is 0 Å². The van der Waals surface area contributed by atoms with Gasteiger partial charge in [0, 0.05) is 0 Å². The van der Waals surface area contributed by atoms with Crippen LogP contribution in [-0.2, 0) is 0 Å². The molecule has 2 saturated carbocycles. The molecule has 0 aromatic rings. The zero-order valence-electron chi connectivity index (χ0n) is 15.1. The number of rotatable bonds is 7. The second kappa shape index (κ2) is 10.3. The van der Waals surface area contributed by atoms with Gasteiger partial charge in [0.1, 0.15) is 0 Å². The Balaban J connectivity index is 1.55. The largest absolute Gasteiger partial charge is 0.0914 e. The summed E-state index contributed by atoms with van der Waals surface area (Å²) in [7, 11) is 0. The van der Waals surface area contributed by atoms with Crippen LogP contribution in [0.5, 0.6) is 0 Å². The molecule has 0 radical (unpaired) electrons. The zero-order valence-corrected chi connectivity index (χ0v) is 15.1. The van der Waals surface area contributed by atoms with Crippen molar-refractivity contribution >= 4 is 0 Å². The topological polar surface area (TPSA) is 0 Å². The van der Waals surface area contributed by atoms with Crippen LogP contribution in [0.4, 0.5) is 0 Å². The molecule has 0 N–H and O–H groups in total. The summed E-state index contributed by atoms with van der Waals surface area (Å²) in [5.41, 5.74) is 0. The van der Waals surface area contributed by atoms with Gasteiger partial charge in [-0.2, -0.15) is 0 Å². The Labute approximate surface area is 139 Å². The highest BCUT2D eigenvalue weighted by atomic mass is 14.3. The molecule has 0 spiro atoms. The molecular weight excluding hydrogens is 264 g/mol. The fraction of sp³-hybridized carbons (Fsp3) is 0.818. The van der Waals surface area contributed by atoms with E-state index in [1.807, 2.05) is 0 Å². The monoisotopic (exact) mass is 302 g/mol. The molecule has 0 atom stereocenters. The lowest BCUT2D eigenvalue weighted by Crippen LogP contribution is -2.13. The van der Waals surface area contributed by atoms with Crippen LogP contribution in [0, 0.1) is 23.7 Å². The average Bonchev–Trinajstić information content (AvgIpc) is 2.55.